The molecule has 1 aromatic carbocycles. The van der Waals surface area contributed by atoms with Crippen molar-refractivity contribution in [2.75, 3.05) is 14.2 Å². The van der Waals surface area contributed by atoms with Crippen molar-refractivity contribution in [2.45, 2.75) is 0 Å². The van der Waals surface area contributed by atoms with E-state index in [1.165, 1.54) is 26.4 Å². The Balaban J connectivity index is 0.00000200. The Morgan fingerprint density at radius 3 is 2.25 bits per heavy atom. The lowest BCUT2D eigenvalue weighted by Crippen LogP contribution is -2.17. The van der Waals surface area contributed by atoms with E-state index in [0.717, 1.165) is 0 Å². The maximum Gasteiger partial charge on any atom is 0.345 e. The van der Waals surface area contributed by atoms with E-state index in [1.54, 1.807) is 0 Å². The molecule has 0 radical (unpaired) electrons. The van der Waals surface area contributed by atoms with E-state index < -0.39 is 22.8 Å². The van der Waals surface area contributed by atoms with E-state index in [1.807, 2.05) is 0 Å². The average molecular weight is 302 g/mol. The largest absolute Gasteiger partial charge is 0.506 e. The van der Waals surface area contributed by atoms with Gasteiger partial charge in [-0.2, -0.15) is 0 Å². The summed E-state index contributed by atoms with van der Waals surface area (Å²) in [5.41, 5.74) is -1.34. The number of H-pyrrole nitrogens is 1. The van der Waals surface area contributed by atoms with Crippen molar-refractivity contribution in [3.63, 3.8) is 0 Å². The molecule has 1 aromatic heterocycles. The molecule has 0 amide bonds. The molecule has 7 nitrogen and oxygen atoms in total. The SMILES string of the molecule is COc1cc2[nH]c(=O)c(C(=O)O)c(O)c2cc1OC.Cl. The summed E-state index contributed by atoms with van der Waals surface area (Å²) in [6, 6.07) is 2.84. The van der Waals surface area contributed by atoms with Crippen molar-refractivity contribution < 1.29 is 24.5 Å². The van der Waals surface area contributed by atoms with E-state index in [0.29, 0.717) is 11.5 Å². The number of methoxy groups -OCH3 is 2. The summed E-state index contributed by atoms with van der Waals surface area (Å²) >= 11 is 0. The molecule has 3 N–H and O–H groups in total. The van der Waals surface area contributed by atoms with Crippen molar-refractivity contribution in [1.82, 2.24) is 4.98 Å². The summed E-state index contributed by atoms with van der Waals surface area (Å²) in [5.74, 6) is -1.44. The molecule has 2 rings (SSSR count). The zero-order valence-electron chi connectivity index (χ0n) is 10.6. The molecule has 0 aliphatic heterocycles. The van der Waals surface area contributed by atoms with Gasteiger partial charge in [-0.25, -0.2) is 4.79 Å². The van der Waals surface area contributed by atoms with Gasteiger partial charge < -0.3 is 24.7 Å². The van der Waals surface area contributed by atoms with Crippen LogP contribution in [0.5, 0.6) is 17.2 Å². The fourth-order valence-electron chi connectivity index (χ4n) is 1.80. The van der Waals surface area contributed by atoms with Crippen LogP contribution in [0.1, 0.15) is 10.4 Å². The van der Waals surface area contributed by atoms with E-state index >= 15 is 0 Å². The number of carboxylic acids is 1. The van der Waals surface area contributed by atoms with Crippen LogP contribution < -0.4 is 15.0 Å². The molecule has 1 heterocycles. The third kappa shape index (κ3) is 2.35. The standard InChI is InChI=1S/C12H11NO6.ClH/c1-18-7-3-5-6(4-8(7)19-2)13-11(15)9(10(5)14)12(16)17;/h3-4H,1-2H3,(H,16,17)(H2,13,14,15);1H. The predicted octanol–water partition coefficient (Wildman–Crippen LogP) is 1.37. The van der Waals surface area contributed by atoms with Crippen LogP contribution in [0.4, 0.5) is 0 Å². The minimum Gasteiger partial charge on any atom is -0.506 e. The number of fused-ring (bicyclic) bond motifs is 1. The molecule has 8 heteroatoms. The summed E-state index contributed by atoms with van der Waals surface area (Å²) in [4.78, 5) is 24.9. The van der Waals surface area contributed by atoms with E-state index in [2.05, 4.69) is 4.98 Å². The molecular formula is C12H12ClNO6. The zero-order valence-corrected chi connectivity index (χ0v) is 11.4. The molecule has 108 valence electrons. The molecule has 0 atom stereocenters. The number of aromatic carboxylic acids is 1. The average Bonchev–Trinajstić information content (AvgIpc) is 2.36. The third-order valence-electron chi connectivity index (χ3n) is 2.70. The number of hydrogen-bond donors (Lipinski definition) is 3. The van der Waals surface area contributed by atoms with Gasteiger partial charge in [-0.15, -0.1) is 12.4 Å². The molecule has 20 heavy (non-hydrogen) atoms. The Hall–Kier alpha value is -2.41. The first kappa shape index (κ1) is 15.6. The van der Waals surface area contributed by atoms with Crippen LogP contribution >= 0.6 is 12.4 Å². The number of aromatic nitrogens is 1. The first-order chi connectivity index (χ1) is 8.99. The molecule has 0 spiro atoms. The quantitative estimate of drug-likeness (QED) is 0.790. The van der Waals surface area contributed by atoms with Crippen LogP contribution in [0.3, 0.4) is 0 Å². The number of aromatic hydroxyl groups is 1. The van der Waals surface area contributed by atoms with Crippen molar-refractivity contribution in [2.24, 2.45) is 0 Å². The van der Waals surface area contributed by atoms with E-state index in [9.17, 15) is 14.7 Å². The highest BCUT2D eigenvalue weighted by molar-refractivity contribution is 5.99. The number of nitrogens with one attached hydrogen (secondary N) is 1. The lowest BCUT2D eigenvalue weighted by Gasteiger charge is -2.10. The maximum atomic E-state index is 11.6. The van der Waals surface area contributed by atoms with Gasteiger partial charge in [-0.05, 0) is 6.07 Å². The summed E-state index contributed by atoms with van der Waals surface area (Å²) in [6.45, 7) is 0. The van der Waals surface area contributed by atoms with E-state index in [-0.39, 0.29) is 23.3 Å². The lowest BCUT2D eigenvalue weighted by atomic mass is 10.1. The molecule has 0 aliphatic carbocycles. The first-order valence-electron chi connectivity index (χ1n) is 5.23. The van der Waals surface area contributed by atoms with Crippen LogP contribution in [0.25, 0.3) is 10.9 Å². The van der Waals surface area contributed by atoms with Gasteiger partial charge in [0.15, 0.2) is 17.1 Å². The van der Waals surface area contributed by atoms with E-state index in [4.69, 9.17) is 14.6 Å². The summed E-state index contributed by atoms with van der Waals surface area (Å²) in [5, 5.41) is 18.9. The van der Waals surface area contributed by atoms with Crippen LogP contribution in [-0.2, 0) is 0 Å². The third-order valence-corrected chi connectivity index (χ3v) is 2.70. The van der Waals surface area contributed by atoms with Crippen LogP contribution in [0, 0.1) is 0 Å². The van der Waals surface area contributed by atoms with Gasteiger partial charge >= 0.3 is 5.97 Å². The highest BCUT2D eigenvalue weighted by atomic mass is 35.5. The molecule has 2 aromatic rings. The molecule has 0 aliphatic rings. The number of carbonyl (C=O) groups is 1. The normalized spacial score (nSPS) is 9.90. The minimum atomic E-state index is -1.50. The molecule has 0 saturated heterocycles. The van der Waals surface area contributed by atoms with Gasteiger partial charge in [-0.3, -0.25) is 4.79 Å². The second-order valence-corrected chi connectivity index (χ2v) is 3.74. The molecule has 0 bridgehead atoms. The second-order valence-electron chi connectivity index (χ2n) is 3.74. The van der Waals surface area contributed by atoms with Gasteiger partial charge in [0, 0.05) is 11.5 Å². The van der Waals surface area contributed by atoms with Gasteiger partial charge in [0.1, 0.15) is 5.75 Å². The number of hydrogen-bond acceptors (Lipinski definition) is 5. The molecular weight excluding hydrogens is 290 g/mol. The van der Waals surface area contributed by atoms with Crippen LogP contribution in [0.2, 0.25) is 0 Å². The summed E-state index contributed by atoms with van der Waals surface area (Å²) in [7, 11) is 2.83. The number of pyridine rings is 1. The van der Waals surface area contributed by atoms with Crippen molar-refractivity contribution >= 4 is 29.3 Å². The van der Waals surface area contributed by atoms with Crippen LogP contribution in [-0.4, -0.2) is 35.4 Å². The topological polar surface area (TPSA) is 109 Å². The summed E-state index contributed by atoms with van der Waals surface area (Å²) < 4.78 is 10.1. The second kappa shape index (κ2) is 5.70. The van der Waals surface area contributed by atoms with Crippen molar-refractivity contribution in [3.8, 4) is 17.2 Å². The van der Waals surface area contributed by atoms with Gasteiger partial charge in [0.05, 0.1) is 19.7 Å². The van der Waals surface area contributed by atoms with Gasteiger partial charge in [0.25, 0.3) is 5.56 Å². The predicted molar refractivity (Wildman–Crippen MR) is 73.5 cm³/mol. The van der Waals surface area contributed by atoms with Gasteiger partial charge in [-0.1, -0.05) is 0 Å². The monoisotopic (exact) mass is 301 g/mol. The smallest absolute Gasteiger partial charge is 0.345 e. The van der Waals surface area contributed by atoms with Crippen molar-refractivity contribution in [3.05, 3.63) is 28.0 Å². The number of carboxylic acid groups (broad SMARTS) is 1. The summed E-state index contributed by atoms with van der Waals surface area (Å²) in [6.07, 6.45) is 0. The number of rotatable bonds is 3. The highest BCUT2D eigenvalue weighted by Crippen LogP contribution is 2.35. The first-order valence-corrected chi connectivity index (χ1v) is 5.23. The molecule has 0 unspecified atom stereocenters. The number of benzene rings is 1. The fraction of sp³-hybridized carbons (Fsp3) is 0.167. The Labute approximate surface area is 119 Å². The maximum absolute atomic E-state index is 11.6. The molecule has 0 fully saturated rings. The Kier molecular flexibility index (Phi) is 4.46. The Bertz CT molecular complexity index is 724. The fourth-order valence-corrected chi connectivity index (χ4v) is 1.80. The minimum absolute atomic E-state index is 0. The van der Waals surface area contributed by atoms with Gasteiger partial charge in [0.2, 0.25) is 0 Å². The zero-order chi connectivity index (χ0) is 14.2. The van der Waals surface area contributed by atoms with Crippen molar-refractivity contribution in [1.29, 1.82) is 0 Å². The number of ether oxygens (including phenoxy) is 2. The lowest BCUT2D eigenvalue weighted by molar-refractivity contribution is 0.0692. The highest BCUT2D eigenvalue weighted by Gasteiger charge is 2.19. The Morgan fingerprint density at radius 1 is 1.20 bits per heavy atom. The molecule has 0 saturated carbocycles. The number of aromatic amines is 1. The van der Waals surface area contributed by atoms with Crippen LogP contribution in [0.15, 0.2) is 16.9 Å². The Morgan fingerprint density at radius 2 is 1.75 bits per heavy atom. The number of halogens is 1.